The summed E-state index contributed by atoms with van der Waals surface area (Å²) in [4.78, 5) is 0. The summed E-state index contributed by atoms with van der Waals surface area (Å²) in [6, 6.07) is 0. The Hall–Kier alpha value is -0.0800. The van der Waals surface area contributed by atoms with Crippen molar-refractivity contribution < 1.29 is 9.84 Å². The van der Waals surface area contributed by atoms with Crippen molar-refractivity contribution in [2.45, 2.75) is 52.6 Å². The molecule has 2 heteroatoms. The molecule has 0 radical (unpaired) electrons. The highest BCUT2D eigenvalue weighted by Gasteiger charge is 2.30. The van der Waals surface area contributed by atoms with Crippen LogP contribution in [0.2, 0.25) is 0 Å². The minimum atomic E-state index is -0.0862. The van der Waals surface area contributed by atoms with Gasteiger partial charge in [-0.1, -0.05) is 20.8 Å². The highest BCUT2D eigenvalue weighted by molar-refractivity contribution is 4.80. The summed E-state index contributed by atoms with van der Waals surface area (Å²) in [5.41, 5.74) is -0.0862. The van der Waals surface area contributed by atoms with E-state index in [1.165, 1.54) is 19.3 Å². The third kappa shape index (κ3) is 3.25. The molecule has 1 aliphatic rings. The van der Waals surface area contributed by atoms with Crippen LogP contribution in [0.5, 0.6) is 0 Å². The highest BCUT2D eigenvalue weighted by atomic mass is 16.5. The van der Waals surface area contributed by atoms with Crippen LogP contribution in [-0.4, -0.2) is 24.4 Å². The predicted octanol–water partition coefficient (Wildman–Crippen LogP) is 2.60. The maximum absolute atomic E-state index is 9.29. The van der Waals surface area contributed by atoms with E-state index < -0.39 is 0 Å². The SMILES string of the molecule is CC1CCCOC(C(C)(C)CO)CC1. The molecule has 0 aromatic carbocycles. The lowest BCUT2D eigenvalue weighted by molar-refractivity contribution is -0.0630. The van der Waals surface area contributed by atoms with Crippen molar-refractivity contribution in [3.05, 3.63) is 0 Å². The maximum atomic E-state index is 9.29. The van der Waals surface area contributed by atoms with E-state index in [4.69, 9.17) is 4.74 Å². The molecule has 0 spiro atoms. The van der Waals surface area contributed by atoms with Crippen LogP contribution in [0, 0.1) is 11.3 Å². The minimum Gasteiger partial charge on any atom is -0.396 e. The Kier molecular flexibility index (Phi) is 4.39. The Morgan fingerprint density at radius 2 is 2.00 bits per heavy atom. The summed E-state index contributed by atoms with van der Waals surface area (Å²) in [7, 11) is 0. The number of aliphatic hydroxyl groups is 1. The van der Waals surface area contributed by atoms with E-state index in [1.807, 2.05) is 0 Å². The predicted molar refractivity (Wildman–Crippen MR) is 58.2 cm³/mol. The van der Waals surface area contributed by atoms with Crippen molar-refractivity contribution in [2.24, 2.45) is 11.3 Å². The first kappa shape index (κ1) is 12.0. The summed E-state index contributed by atoms with van der Waals surface area (Å²) in [5, 5.41) is 9.29. The third-order valence-electron chi connectivity index (χ3n) is 3.36. The molecular weight excluding hydrogens is 176 g/mol. The van der Waals surface area contributed by atoms with Crippen LogP contribution in [0.25, 0.3) is 0 Å². The van der Waals surface area contributed by atoms with Crippen molar-refractivity contribution in [3.8, 4) is 0 Å². The molecule has 0 aromatic rings. The van der Waals surface area contributed by atoms with Crippen LogP contribution in [-0.2, 0) is 4.74 Å². The van der Waals surface area contributed by atoms with Crippen LogP contribution in [0.4, 0.5) is 0 Å². The van der Waals surface area contributed by atoms with Gasteiger partial charge in [0.25, 0.3) is 0 Å². The molecule has 1 fully saturated rings. The largest absolute Gasteiger partial charge is 0.396 e. The zero-order valence-corrected chi connectivity index (χ0v) is 9.75. The molecule has 84 valence electrons. The van der Waals surface area contributed by atoms with Gasteiger partial charge >= 0.3 is 0 Å². The zero-order valence-electron chi connectivity index (χ0n) is 9.75. The molecule has 0 aliphatic carbocycles. The molecule has 2 nitrogen and oxygen atoms in total. The Labute approximate surface area is 87.7 Å². The summed E-state index contributed by atoms with van der Waals surface area (Å²) >= 11 is 0. The molecule has 2 unspecified atom stereocenters. The molecule has 14 heavy (non-hydrogen) atoms. The molecule has 2 atom stereocenters. The first-order valence-electron chi connectivity index (χ1n) is 5.78. The fourth-order valence-corrected chi connectivity index (χ4v) is 2.04. The topological polar surface area (TPSA) is 29.5 Å². The number of aliphatic hydroxyl groups excluding tert-OH is 1. The second-order valence-electron chi connectivity index (χ2n) is 5.33. The Balaban J connectivity index is 2.50. The molecule has 1 rings (SSSR count). The summed E-state index contributed by atoms with van der Waals surface area (Å²) in [6.45, 7) is 7.56. The van der Waals surface area contributed by atoms with E-state index in [1.54, 1.807) is 0 Å². The number of hydrogen-bond acceptors (Lipinski definition) is 2. The summed E-state index contributed by atoms with van der Waals surface area (Å²) < 4.78 is 5.83. The lowest BCUT2D eigenvalue weighted by Crippen LogP contribution is -2.36. The maximum Gasteiger partial charge on any atom is 0.0648 e. The van der Waals surface area contributed by atoms with Gasteiger partial charge < -0.3 is 9.84 Å². The van der Waals surface area contributed by atoms with E-state index in [-0.39, 0.29) is 18.1 Å². The smallest absolute Gasteiger partial charge is 0.0648 e. The lowest BCUT2D eigenvalue weighted by Gasteiger charge is -2.34. The molecule has 1 aliphatic heterocycles. The van der Waals surface area contributed by atoms with Gasteiger partial charge in [-0.2, -0.15) is 0 Å². The Morgan fingerprint density at radius 1 is 1.29 bits per heavy atom. The van der Waals surface area contributed by atoms with Crippen molar-refractivity contribution in [1.82, 2.24) is 0 Å². The molecule has 0 amide bonds. The van der Waals surface area contributed by atoms with Gasteiger partial charge in [-0.15, -0.1) is 0 Å². The third-order valence-corrected chi connectivity index (χ3v) is 3.36. The quantitative estimate of drug-likeness (QED) is 0.742. The van der Waals surface area contributed by atoms with E-state index in [9.17, 15) is 5.11 Å². The number of rotatable bonds is 2. The average molecular weight is 200 g/mol. The lowest BCUT2D eigenvalue weighted by atomic mass is 9.82. The average Bonchev–Trinajstić information content (AvgIpc) is 2.11. The van der Waals surface area contributed by atoms with Crippen LogP contribution >= 0.6 is 0 Å². The first-order chi connectivity index (χ1) is 6.56. The van der Waals surface area contributed by atoms with Gasteiger partial charge in [-0.3, -0.25) is 0 Å². The van der Waals surface area contributed by atoms with Crippen LogP contribution in [0.3, 0.4) is 0 Å². The summed E-state index contributed by atoms with van der Waals surface area (Å²) in [6.07, 6.45) is 5.00. The van der Waals surface area contributed by atoms with Crippen molar-refractivity contribution in [1.29, 1.82) is 0 Å². The van der Waals surface area contributed by atoms with E-state index in [0.717, 1.165) is 18.9 Å². The van der Waals surface area contributed by atoms with Gasteiger partial charge in [0.1, 0.15) is 0 Å². The van der Waals surface area contributed by atoms with Crippen molar-refractivity contribution in [2.75, 3.05) is 13.2 Å². The van der Waals surface area contributed by atoms with Crippen LogP contribution in [0.1, 0.15) is 46.5 Å². The molecule has 0 saturated carbocycles. The van der Waals surface area contributed by atoms with Gasteiger partial charge in [-0.05, 0) is 31.6 Å². The second kappa shape index (κ2) is 5.13. The van der Waals surface area contributed by atoms with Gasteiger partial charge in [0.15, 0.2) is 0 Å². The van der Waals surface area contributed by atoms with Gasteiger partial charge in [-0.25, -0.2) is 0 Å². The highest BCUT2D eigenvalue weighted by Crippen LogP contribution is 2.30. The van der Waals surface area contributed by atoms with Crippen LogP contribution < -0.4 is 0 Å². The first-order valence-corrected chi connectivity index (χ1v) is 5.78. The summed E-state index contributed by atoms with van der Waals surface area (Å²) in [5.74, 6) is 0.816. The zero-order chi connectivity index (χ0) is 10.6. The van der Waals surface area contributed by atoms with Crippen molar-refractivity contribution >= 4 is 0 Å². The molecule has 1 heterocycles. The molecule has 0 bridgehead atoms. The fraction of sp³-hybridized carbons (Fsp3) is 1.00. The standard InChI is InChI=1S/C12H24O2/c1-10-5-4-8-14-11(7-6-10)12(2,3)9-13/h10-11,13H,4-9H2,1-3H3. The molecule has 1 N–H and O–H groups in total. The van der Waals surface area contributed by atoms with Gasteiger partial charge in [0.05, 0.1) is 12.7 Å². The molecule has 0 aromatic heterocycles. The normalized spacial score (nSPS) is 30.9. The van der Waals surface area contributed by atoms with E-state index >= 15 is 0 Å². The van der Waals surface area contributed by atoms with Gasteiger partial charge in [0, 0.05) is 12.0 Å². The van der Waals surface area contributed by atoms with Crippen LogP contribution in [0.15, 0.2) is 0 Å². The van der Waals surface area contributed by atoms with Crippen molar-refractivity contribution in [3.63, 3.8) is 0 Å². The second-order valence-corrected chi connectivity index (χ2v) is 5.33. The Bertz CT molecular complexity index is 166. The fourth-order valence-electron chi connectivity index (χ4n) is 2.04. The van der Waals surface area contributed by atoms with E-state index in [0.29, 0.717) is 0 Å². The monoisotopic (exact) mass is 200 g/mol. The van der Waals surface area contributed by atoms with E-state index in [2.05, 4.69) is 20.8 Å². The molecular formula is C12H24O2. The number of hydrogen-bond donors (Lipinski definition) is 1. The molecule has 1 saturated heterocycles. The Morgan fingerprint density at radius 3 is 2.64 bits per heavy atom. The number of ether oxygens (including phenoxy) is 1. The minimum absolute atomic E-state index is 0.0862. The van der Waals surface area contributed by atoms with Gasteiger partial charge in [0.2, 0.25) is 0 Å².